The highest BCUT2D eigenvalue weighted by Crippen LogP contribution is 2.12. The normalized spacial score (nSPS) is 11.2. The van der Waals surface area contributed by atoms with Gasteiger partial charge >= 0.3 is 7.32 Å². The van der Waals surface area contributed by atoms with Crippen LogP contribution in [-0.2, 0) is 0 Å². The van der Waals surface area contributed by atoms with Crippen molar-refractivity contribution in [1.29, 1.82) is 0 Å². The van der Waals surface area contributed by atoms with Crippen molar-refractivity contribution in [1.82, 2.24) is 45.5 Å². The summed E-state index contributed by atoms with van der Waals surface area (Å²) in [6.07, 6.45) is 0. The Morgan fingerprint density at radius 1 is 0.484 bits per heavy atom. The Hall–Kier alpha value is -4.68. The number of benzene rings is 3. The van der Waals surface area contributed by atoms with E-state index >= 15 is 0 Å². The molecule has 0 saturated heterocycles. The SMILES string of the molecule is c1ccc2c(c1)nnn2OB(On1nnc2ccccc21)On1nnc2ccccc21. The van der Waals surface area contributed by atoms with E-state index in [2.05, 4.69) is 30.9 Å². The number of nitrogens with zero attached hydrogens (tertiary/aromatic N) is 9. The summed E-state index contributed by atoms with van der Waals surface area (Å²) < 4.78 is 17.5. The second-order valence-corrected chi connectivity index (χ2v) is 6.46. The first-order chi connectivity index (χ1) is 15.3. The summed E-state index contributed by atoms with van der Waals surface area (Å²) in [7, 11) is -1.36. The lowest BCUT2D eigenvalue weighted by molar-refractivity contribution is 0.0456. The fraction of sp³-hybridized carbons (Fsp3) is 0. The van der Waals surface area contributed by atoms with Crippen LogP contribution in [0.4, 0.5) is 0 Å². The Balaban J connectivity index is 1.37. The second-order valence-electron chi connectivity index (χ2n) is 6.46. The van der Waals surface area contributed by atoms with Crippen molar-refractivity contribution in [2.75, 3.05) is 0 Å². The number of rotatable bonds is 6. The number of hydrogen-bond donors (Lipinski definition) is 0. The number of hydrogen-bond acceptors (Lipinski definition) is 9. The average Bonchev–Trinajstić information content (AvgIpc) is 3.52. The van der Waals surface area contributed by atoms with E-state index in [4.69, 9.17) is 14.3 Å². The summed E-state index contributed by atoms with van der Waals surface area (Å²) in [6.45, 7) is 0. The van der Waals surface area contributed by atoms with Crippen LogP contribution in [0.1, 0.15) is 0 Å². The van der Waals surface area contributed by atoms with Crippen LogP contribution in [0.2, 0.25) is 0 Å². The molecule has 0 aliphatic rings. The minimum Gasteiger partial charge on any atom is -0.378 e. The van der Waals surface area contributed by atoms with Crippen molar-refractivity contribution >= 4 is 40.4 Å². The molecule has 0 spiro atoms. The lowest BCUT2D eigenvalue weighted by atomic mass is 10.2. The zero-order valence-electron chi connectivity index (χ0n) is 15.8. The summed E-state index contributed by atoms with van der Waals surface area (Å²) in [5.74, 6) is 0. The lowest BCUT2D eigenvalue weighted by Gasteiger charge is -2.14. The van der Waals surface area contributed by atoms with Gasteiger partial charge < -0.3 is 14.3 Å². The van der Waals surface area contributed by atoms with Gasteiger partial charge in [-0.1, -0.05) is 50.9 Å². The third-order valence-corrected chi connectivity index (χ3v) is 4.52. The maximum atomic E-state index is 5.83. The van der Waals surface area contributed by atoms with E-state index < -0.39 is 7.32 Å². The molecule has 6 rings (SSSR count). The van der Waals surface area contributed by atoms with Crippen LogP contribution in [-0.4, -0.2) is 52.8 Å². The van der Waals surface area contributed by atoms with Crippen LogP contribution >= 0.6 is 0 Å². The molecule has 0 unspecified atom stereocenters. The summed E-state index contributed by atoms with van der Waals surface area (Å²) >= 11 is 0. The Morgan fingerprint density at radius 3 is 1.16 bits per heavy atom. The summed E-state index contributed by atoms with van der Waals surface area (Å²) in [6, 6.07) is 22.0. The van der Waals surface area contributed by atoms with Crippen molar-refractivity contribution in [3.8, 4) is 0 Å². The van der Waals surface area contributed by atoms with Gasteiger partial charge in [0.15, 0.2) is 0 Å². The Kier molecular flexibility index (Phi) is 3.88. The zero-order valence-corrected chi connectivity index (χ0v) is 15.8. The van der Waals surface area contributed by atoms with Gasteiger partial charge in [0.1, 0.15) is 33.1 Å². The molecule has 3 aromatic heterocycles. The minimum atomic E-state index is -1.36. The van der Waals surface area contributed by atoms with Gasteiger partial charge in [-0.05, 0) is 52.0 Å². The molecule has 31 heavy (non-hydrogen) atoms. The predicted octanol–water partition coefficient (Wildman–Crippen LogP) is 0.592. The van der Waals surface area contributed by atoms with E-state index in [1.54, 1.807) is 0 Å². The molecule has 0 aliphatic carbocycles. The second kappa shape index (κ2) is 6.98. The highest BCUT2D eigenvalue weighted by atomic mass is 16.9. The van der Waals surface area contributed by atoms with Gasteiger partial charge in [0.2, 0.25) is 0 Å². The molecular formula is C18H12BN9O3. The quantitative estimate of drug-likeness (QED) is 0.361. The van der Waals surface area contributed by atoms with Crippen LogP contribution in [0, 0.1) is 0 Å². The number of fused-ring (bicyclic) bond motifs is 3. The molecule has 0 radical (unpaired) electrons. The molecule has 0 bridgehead atoms. The molecule has 3 aromatic carbocycles. The molecule has 0 aliphatic heterocycles. The van der Waals surface area contributed by atoms with Crippen molar-refractivity contribution in [2.24, 2.45) is 0 Å². The monoisotopic (exact) mass is 413 g/mol. The Bertz CT molecular complexity index is 1330. The average molecular weight is 413 g/mol. The first-order valence-corrected chi connectivity index (χ1v) is 9.28. The summed E-state index contributed by atoms with van der Waals surface area (Å²) in [4.78, 5) is 3.62. The van der Waals surface area contributed by atoms with Crippen LogP contribution in [0.3, 0.4) is 0 Å². The first kappa shape index (κ1) is 17.2. The third kappa shape index (κ3) is 3.04. The van der Waals surface area contributed by atoms with Crippen LogP contribution in [0.25, 0.3) is 33.1 Å². The minimum absolute atomic E-state index is 0.631. The van der Waals surface area contributed by atoms with Crippen molar-refractivity contribution < 1.29 is 14.3 Å². The van der Waals surface area contributed by atoms with Gasteiger partial charge in [-0.3, -0.25) is 0 Å². The summed E-state index contributed by atoms with van der Waals surface area (Å²) in [5.41, 5.74) is 3.85. The van der Waals surface area contributed by atoms with E-state index in [9.17, 15) is 0 Å². The van der Waals surface area contributed by atoms with Gasteiger partial charge in [0.25, 0.3) is 0 Å². The van der Waals surface area contributed by atoms with Gasteiger partial charge in [-0.2, -0.15) is 0 Å². The van der Waals surface area contributed by atoms with Crippen LogP contribution < -0.4 is 14.3 Å². The van der Waals surface area contributed by atoms with E-state index in [1.807, 2.05) is 72.8 Å². The van der Waals surface area contributed by atoms with E-state index in [0.29, 0.717) is 33.1 Å². The maximum Gasteiger partial charge on any atom is 0.929 e. The highest BCUT2D eigenvalue weighted by Gasteiger charge is 2.36. The number of aromatic nitrogens is 9. The van der Waals surface area contributed by atoms with E-state index in [1.165, 1.54) is 14.5 Å². The fourth-order valence-electron chi connectivity index (χ4n) is 3.08. The highest BCUT2D eigenvalue weighted by molar-refractivity contribution is 6.37. The molecule has 0 N–H and O–H groups in total. The standard InChI is InChI=1S/C18H12BN9O3/c1-4-10-16-13(7-1)20-23-26(16)29-19(30-27-17-11-5-2-8-14(17)21-24-27)31-28-18-12-6-3-9-15(18)22-25-28/h1-12H. The van der Waals surface area contributed by atoms with Crippen LogP contribution in [0.5, 0.6) is 0 Å². The molecule has 0 amide bonds. The fourth-order valence-corrected chi connectivity index (χ4v) is 3.08. The summed E-state index contributed by atoms with van der Waals surface area (Å²) in [5, 5.41) is 24.3. The molecule has 150 valence electrons. The third-order valence-electron chi connectivity index (χ3n) is 4.52. The van der Waals surface area contributed by atoms with Gasteiger partial charge in [0.05, 0.1) is 0 Å². The Labute approximate surface area is 173 Å². The van der Waals surface area contributed by atoms with Gasteiger partial charge in [0, 0.05) is 0 Å². The molecule has 6 aromatic rings. The molecular weight excluding hydrogens is 401 g/mol. The zero-order chi connectivity index (χ0) is 20.6. The van der Waals surface area contributed by atoms with E-state index in [-0.39, 0.29) is 0 Å². The van der Waals surface area contributed by atoms with Crippen LogP contribution in [0.15, 0.2) is 72.8 Å². The molecule has 0 fully saturated rings. The Morgan fingerprint density at radius 2 is 0.806 bits per heavy atom. The van der Waals surface area contributed by atoms with Gasteiger partial charge in [-0.25, -0.2) is 0 Å². The first-order valence-electron chi connectivity index (χ1n) is 9.28. The smallest absolute Gasteiger partial charge is 0.378 e. The van der Waals surface area contributed by atoms with Crippen molar-refractivity contribution in [2.45, 2.75) is 0 Å². The molecule has 0 saturated carbocycles. The lowest BCUT2D eigenvalue weighted by Crippen LogP contribution is -2.49. The number of para-hydroxylation sites is 3. The molecule has 12 nitrogen and oxygen atoms in total. The van der Waals surface area contributed by atoms with Crippen molar-refractivity contribution in [3.63, 3.8) is 0 Å². The topological polar surface area (TPSA) is 120 Å². The molecule has 0 atom stereocenters. The van der Waals surface area contributed by atoms with E-state index in [0.717, 1.165) is 0 Å². The molecule has 3 heterocycles. The molecule has 13 heteroatoms. The van der Waals surface area contributed by atoms with Gasteiger partial charge in [-0.15, -0.1) is 15.3 Å². The predicted molar refractivity (Wildman–Crippen MR) is 108 cm³/mol. The van der Waals surface area contributed by atoms with Crippen molar-refractivity contribution in [3.05, 3.63) is 72.8 Å². The largest absolute Gasteiger partial charge is 0.929 e. The maximum absolute atomic E-state index is 5.83.